The molecule has 1 aliphatic carbocycles. The highest BCUT2D eigenvalue weighted by molar-refractivity contribution is 6.81. The Bertz CT molecular complexity index is 347. The normalized spacial score (nSPS) is 27.6. The van der Waals surface area contributed by atoms with Crippen LogP contribution < -0.4 is 0 Å². The van der Waals surface area contributed by atoms with Gasteiger partial charge in [0.2, 0.25) is 0 Å². The lowest BCUT2D eigenvalue weighted by molar-refractivity contribution is -0.161. The Morgan fingerprint density at radius 1 is 1.39 bits per heavy atom. The van der Waals surface area contributed by atoms with Crippen LogP contribution in [-0.4, -0.2) is 30.9 Å². The van der Waals surface area contributed by atoms with E-state index in [-0.39, 0.29) is 5.97 Å². The number of rotatable bonds is 2. The third-order valence-electron chi connectivity index (χ3n) is 2.79. The van der Waals surface area contributed by atoms with Crippen LogP contribution in [0.4, 0.5) is 0 Å². The first kappa shape index (κ1) is 15.4. The molecule has 0 aliphatic heterocycles. The van der Waals surface area contributed by atoms with Gasteiger partial charge < -0.3 is 9.84 Å². The van der Waals surface area contributed by atoms with Crippen LogP contribution in [0.1, 0.15) is 33.6 Å². The minimum atomic E-state index is -1.38. The Morgan fingerprint density at radius 2 is 1.94 bits per heavy atom. The number of carbonyl (C=O) groups excluding carboxylic acids is 1. The number of ether oxygens (including phenoxy) is 1. The lowest BCUT2D eigenvalue weighted by Gasteiger charge is -2.24. The van der Waals surface area contributed by atoms with E-state index >= 15 is 0 Å². The molecule has 0 amide bonds. The van der Waals surface area contributed by atoms with Crippen molar-refractivity contribution in [2.45, 2.75) is 65.0 Å². The smallest absolute Gasteiger partial charge is 0.316 e. The molecule has 1 rings (SSSR count). The summed E-state index contributed by atoms with van der Waals surface area (Å²) < 4.78 is 5.41. The molecule has 1 aliphatic rings. The first-order chi connectivity index (χ1) is 7.99. The van der Waals surface area contributed by atoms with E-state index in [0.29, 0.717) is 6.42 Å². The van der Waals surface area contributed by atoms with E-state index in [0.717, 1.165) is 12.0 Å². The van der Waals surface area contributed by atoms with Crippen molar-refractivity contribution in [1.82, 2.24) is 0 Å². The first-order valence-electron chi connectivity index (χ1n) is 6.62. The zero-order chi connectivity index (χ0) is 14.1. The van der Waals surface area contributed by atoms with Gasteiger partial charge in [-0.2, -0.15) is 0 Å². The molecule has 0 spiro atoms. The van der Waals surface area contributed by atoms with Crippen LogP contribution in [0.5, 0.6) is 0 Å². The molecule has 18 heavy (non-hydrogen) atoms. The molecule has 3 nitrogen and oxygen atoms in total. The van der Waals surface area contributed by atoms with Crippen molar-refractivity contribution in [2.75, 3.05) is 0 Å². The van der Waals surface area contributed by atoms with Crippen molar-refractivity contribution in [1.29, 1.82) is 0 Å². The molecule has 0 radical (unpaired) electrons. The number of aliphatic hydroxyl groups excluding tert-OH is 1. The van der Waals surface area contributed by atoms with Crippen LogP contribution in [-0.2, 0) is 9.53 Å². The first-order valence-corrected chi connectivity index (χ1v) is 10.2. The average molecular weight is 270 g/mol. The van der Waals surface area contributed by atoms with Gasteiger partial charge in [-0.3, -0.25) is 4.79 Å². The van der Waals surface area contributed by atoms with Gasteiger partial charge in [-0.05, 0) is 33.6 Å². The Labute approximate surface area is 111 Å². The molecule has 0 aromatic carbocycles. The molecule has 1 fully saturated rings. The number of esters is 1. The summed E-state index contributed by atoms with van der Waals surface area (Å²) in [5.41, 5.74) is 2.82. The summed E-state index contributed by atoms with van der Waals surface area (Å²) in [6.07, 6.45) is 0.901. The minimum Gasteiger partial charge on any atom is -0.459 e. The summed E-state index contributed by atoms with van der Waals surface area (Å²) in [7, 11) is -1.38. The standard InChI is InChI=1S/C14H26O3Si/c1-14(2,3)17-13(16)12-10(7-8-11(12)15)9-18(4,5)6/h9,11-12,15H,7-8H2,1-6H3/b10-9+/t11-,12+/m0/s1. The van der Waals surface area contributed by atoms with Crippen molar-refractivity contribution < 1.29 is 14.6 Å². The SMILES string of the molecule is CC(C)(C)OC(=O)[C@@H]1/C(=C/[Si](C)(C)C)CC[C@@H]1O. The van der Waals surface area contributed by atoms with Gasteiger partial charge >= 0.3 is 5.97 Å². The van der Waals surface area contributed by atoms with Crippen LogP contribution in [0, 0.1) is 5.92 Å². The molecule has 1 saturated carbocycles. The Kier molecular flexibility index (Phi) is 4.44. The second-order valence-corrected chi connectivity index (χ2v) is 12.2. The van der Waals surface area contributed by atoms with E-state index in [2.05, 4.69) is 25.3 Å². The molecule has 4 heteroatoms. The third-order valence-corrected chi connectivity index (χ3v) is 4.03. The topological polar surface area (TPSA) is 46.5 Å². The molecule has 0 saturated heterocycles. The molecule has 1 N–H and O–H groups in total. The lowest BCUT2D eigenvalue weighted by atomic mass is 10.0. The minimum absolute atomic E-state index is 0.281. The van der Waals surface area contributed by atoms with Gasteiger partial charge in [-0.15, -0.1) is 0 Å². The van der Waals surface area contributed by atoms with Gasteiger partial charge in [-0.1, -0.05) is 30.9 Å². The molecule has 0 unspecified atom stereocenters. The van der Waals surface area contributed by atoms with Crippen molar-refractivity contribution in [3.8, 4) is 0 Å². The Morgan fingerprint density at radius 3 is 2.39 bits per heavy atom. The van der Waals surface area contributed by atoms with Gasteiger partial charge in [0.1, 0.15) is 11.5 Å². The van der Waals surface area contributed by atoms with Gasteiger partial charge in [0, 0.05) is 0 Å². The number of hydrogen-bond acceptors (Lipinski definition) is 3. The van der Waals surface area contributed by atoms with E-state index in [1.165, 1.54) is 0 Å². The molecule has 0 aromatic rings. The van der Waals surface area contributed by atoms with Crippen molar-refractivity contribution >= 4 is 14.0 Å². The van der Waals surface area contributed by atoms with Crippen molar-refractivity contribution in [2.24, 2.45) is 5.92 Å². The number of aliphatic hydroxyl groups is 1. The second-order valence-electron chi connectivity index (χ2n) is 7.20. The Balaban J connectivity index is 2.90. The fourth-order valence-corrected chi connectivity index (χ4v) is 3.71. The quantitative estimate of drug-likeness (QED) is 0.620. The van der Waals surface area contributed by atoms with E-state index in [9.17, 15) is 9.90 Å². The maximum absolute atomic E-state index is 12.2. The summed E-state index contributed by atoms with van der Waals surface area (Å²) >= 11 is 0. The second kappa shape index (κ2) is 5.17. The zero-order valence-electron chi connectivity index (χ0n) is 12.4. The van der Waals surface area contributed by atoms with E-state index < -0.39 is 25.7 Å². The third kappa shape index (κ3) is 4.57. The van der Waals surface area contributed by atoms with Crippen LogP contribution in [0.15, 0.2) is 11.3 Å². The molecular weight excluding hydrogens is 244 g/mol. The van der Waals surface area contributed by atoms with Crippen LogP contribution in [0.25, 0.3) is 0 Å². The molecule has 0 bridgehead atoms. The summed E-state index contributed by atoms with van der Waals surface area (Å²) in [5.74, 6) is -0.729. The van der Waals surface area contributed by atoms with Gasteiger partial charge in [-0.25, -0.2) is 0 Å². The zero-order valence-corrected chi connectivity index (χ0v) is 13.4. The monoisotopic (exact) mass is 270 g/mol. The highest BCUT2D eigenvalue weighted by atomic mass is 28.3. The predicted octanol–water partition coefficient (Wildman–Crippen LogP) is 2.90. The maximum atomic E-state index is 12.2. The molecule has 2 atom stereocenters. The van der Waals surface area contributed by atoms with Gasteiger partial charge in [0.05, 0.1) is 14.2 Å². The van der Waals surface area contributed by atoms with Crippen molar-refractivity contribution in [3.05, 3.63) is 11.3 Å². The summed E-state index contributed by atoms with van der Waals surface area (Å²) in [5, 5.41) is 10.00. The highest BCUT2D eigenvalue weighted by Crippen LogP contribution is 2.34. The van der Waals surface area contributed by atoms with Gasteiger partial charge in [0.15, 0.2) is 0 Å². The van der Waals surface area contributed by atoms with E-state index in [1.54, 1.807) is 0 Å². The average Bonchev–Trinajstić information content (AvgIpc) is 2.40. The predicted molar refractivity (Wildman–Crippen MR) is 76.0 cm³/mol. The summed E-state index contributed by atoms with van der Waals surface area (Å²) in [6, 6.07) is 0. The molecule has 0 aromatic heterocycles. The van der Waals surface area contributed by atoms with E-state index in [4.69, 9.17) is 4.74 Å². The Hall–Kier alpha value is -0.613. The van der Waals surface area contributed by atoms with E-state index in [1.807, 2.05) is 20.8 Å². The molecule has 0 heterocycles. The van der Waals surface area contributed by atoms with Crippen molar-refractivity contribution in [3.63, 3.8) is 0 Å². The van der Waals surface area contributed by atoms with Crippen LogP contribution >= 0.6 is 0 Å². The molecule has 104 valence electrons. The number of hydrogen-bond donors (Lipinski definition) is 1. The molecular formula is C14H26O3Si. The maximum Gasteiger partial charge on any atom is 0.316 e. The van der Waals surface area contributed by atoms with Crippen LogP contribution in [0.3, 0.4) is 0 Å². The van der Waals surface area contributed by atoms with Gasteiger partial charge in [0.25, 0.3) is 0 Å². The summed E-state index contributed by atoms with van der Waals surface area (Å²) in [4.78, 5) is 12.2. The number of carbonyl (C=O) groups is 1. The van der Waals surface area contributed by atoms with Crippen LogP contribution in [0.2, 0.25) is 19.6 Å². The lowest BCUT2D eigenvalue weighted by Crippen LogP contribution is -2.33. The highest BCUT2D eigenvalue weighted by Gasteiger charge is 2.39. The summed E-state index contributed by atoms with van der Waals surface area (Å²) in [6.45, 7) is 12.3. The fraction of sp³-hybridized carbons (Fsp3) is 0.786. The fourth-order valence-electron chi connectivity index (χ4n) is 2.28. The largest absolute Gasteiger partial charge is 0.459 e.